The predicted octanol–water partition coefficient (Wildman–Crippen LogP) is -2.40. The first-order valence-corrected chi connectivity index (χ1v) is 9.40. The van der Waals surface area contributed by atoms with E-state index >= 15 is 0 Å². The summed E-state index contributed by atoms with van der Waals surface area (Å²) in [5.74, 6) is -3.09. The van der Waals surface area contributed by atoms with Crippen molar-refractivity contribution in [3.8, 4) is 0 Å². The van der Waals surface area contributed by atoms with Gasteiger partial charge < -0.3 is 38.3 Å². The molecule has 3 amide bonds. The van der Waals surface area contributed by atoms with E-state index in [2.05, 4.69) is 20.9 Å². The minimum Gasteiger partial charge on any atom is -0.480 e. The van der Waals surface area contributed by atoms with Crippen LogP contribution in [0.2, 0.25) is 0 Å². The normalized spacial score (nSPS) is 14.6. The first kappa shape index (κ1) is 26.1. The van der Waals surface area contributed by atoms with Crippen molar-refractivity contribution in [2.75, 3.05) is 13.1 Å². The molecule has 0 unspecified atom stereocenters. The number of carboxylic acid groups (broad SMARTS) is 1. The van der Waals surface area contributed by atoms with E-state index in [9.17, 15) is 24.3 Å². The average Bonchev–Trinajstić information content (AvgIpc) is 2.66. The Morgan fingerprint density at radius 1 is 1.07 bits per heavy atom. The van der Waals surface area contributed by atoms with Crippen LogP contribution in [0.15, 0.2) is 4.99 Å². The Morgan fingerprint density at radius 3 is 2.21 bits per heavy atom. The summed E-state index contributed by atoms with van der Waals surface area (Å²) in [6.45, 7) is 5.01. The number of carboxylic acids is 1. The molecular weight excluding hydrogens is 382 g/mol. The zero-order chi connectivity index (χ0) is 22.6. The van der Waals surface area contributed by atoms with Crippen LogP contribution >= 0.6 is 0 Å². The van der Waals surface area contributed by atoms with Gasteiger partial charge in [0.15, 0.2) is 5.96 Å². The van der Waals surface area contributed by atoms with E-state index < -0.39 is 41.8 Å². The van der Waals surface area contributed by atoms with Gasteiger partial charge in [0.2, 0.25) is 17.7 Å². The third-order valence-corrected chi connectivity index (χ3v) is 4.31. The Bertz CT molecular complexity index is 607. The molecule has 0 bridgehead atoms. The molecule has 0 aromatic rings. The summed E-state index contributed by atoms with van der Waals surface area (Å²) in [6.07, 6.45) is 1.18. The fourth-order valence-corrected chi connectivity index (χ4v) is 2.21. The van der Waals surface area contributed by atoms with Gasteiger partial charge in [0, 0.05) is 6.54 Å². The molecule has 0 saturated carbocycles. The second kappa shape index (κ2) is 13.3. The molecule has 166 valence electrons. The van der Waals surface area contributed by atoms with Crippen molar-refractivity contribution in [2.24, 2.45) is 28.1 Å². The molecule has 0 aromatic heterocycles. The molecular formula is C17H33N7O5. The van der Waals surface area contributed by atoms with Crippen LogP contribution < -0.4 is 33.2 Å². The lowest BCUT2D eigenvalue weighted by Crippen LogP contribution is -2.53. The highest BCUT2D eigenvalue weighted by Crippen LogP contribution is 2.04. The van der Waals surface area contributed by atoms with E-state index in [1.165, 1.54) is 6.92 Å². The van der Waals surface area contributed by atoms with Crippen molar-refractivity contribution in [3.05, 3.63) is 0 Å². The molecule has 29 heavy (non-hydrogen) atoms. The summed E-state index contributed by atoms with van der Waals surface area (Å²) >= 11 is 0. The van der Waals surface area contributed by atoms with Crippen molar-refractivity contribution in [1.29, 1.82) is 0 Å². The Kier molecular flexibility index (Phi) is 12.0. The lowest BCUT2D eigenvalue weighted by Gasteiger charge is -2.20. The molecule has 0 heterocycles. The summed E-state index contributed by atoms with van der Waals surface area (Å²) in [7, 11) is 0. The van der Waals surface area contributed by atoms with Crippen LogP contribution in [-0.4, -0.2) is 66.0 Å². The van der Waals surface area contributed by atoms with Crippen LogP contribution in [-0.2, 0) is 19.2 Å². The van der Waals surface area contributed by atoms with Crippen molar-refractivity contribution < 1.29 is 24.3 Å². The molecule has 12 nitrogen and oxygen atoms in total. The Morgan fingerprint density at radius 2 is 1.69 bits per heavy atom. The minimum absolute atomic E-state index is 0.0392. The van der Waals surface area contributed by atoms with Gasteiger partial charge >= 0.3 is 5.97 Å². The van der Waals surface area contributed by atoms with Crippen molar-refractivity contribution >= 4 is 29.7 Å². The quantitative estimate of drug-likeness (QED) is 0.0975. The van der Waals surface area contributed by atoms with Crippen LogP contribution in [0.25, 0.3) is 0 Å². The largest absolute Gasteiger partial charge is 0.480 e. The number of aliphatic carboxylic acids is 1. The van der Waals surface area contributed by atoms with Gasteiger partial charge in [0.1, 0.15) is 12.1 Å². The molecule has 0 aromatic carbocycles. The highest BCUT2D eigenvalue weighted by Gasteiger charge is 2.24. The van der Waals surface area contributed by atoms with Crippen LogP contribution in [0, 0.1) is 5.92 Å². The second-order valence-corrected chi connectivity index (χ2v) is 6.77. The van der Waals surface area contributed by atoms with Crippen LogP contribution in [0.5, 0.6) is 0 Å². The topological polar surface area (TPSA) is 215 Å². The number of hydrogen-bond acceptors (Lipinski definition) is 6. The Hall–Kier alpha value is -2.89. The number of nitrogens with zero attached hydrogens (tertiary/aromatic N) is 1. The van der Waals surface area contributed by atoms with E-state index in [1.807, 2.05) is 13.8 Å². The van der Waals surface area contributed by atoms with Crippen molar-refractivity contribution in [3.63, 3.8) is 0 Å². The third kappa shape index (κ3) is 10.9. The highest BCUT2D eigenvalue weighted by atomic mass is 16.4. The number of carbonyl (C=O) groups excluding carboxylic acids is 3. The van der Waals surface area contributed by atoms with E-state index in [-0.39, 0.29) is 31.4 Å². The number of guanidine groups is 1. The number of rotatable bonds is 13. The van der Waals surface area contributed by atoms with E-state index in [1.54, 1.807) is 0 Å². The molecule has 0 fully saturated rings. The number of nitrogens with two attached hydrogens (primary N) is 3. The van der Waals surface area contributed by atoms with Crippen molar-refractivity contribution in [1.82, 2.24) is 16.0 Å². The minimum atomic E-state index is -1.21. The average molecular weight is 415 g/mol. The number of amides is 3. The van der Waals surface area contributed by atoms with E-state index in [0.29, 0.717) is 12.8 Å². The van der Waals surface area contributed by atoms with E-state index in [4.69, 9.17) is 17.2 Å². The molecule has 12 heteroatoms. The van der Waals surface area contributed by atoms with Gasteiger partial charge in [-0.15, -0.1) is 0 Å². The van der Waals surface area contributed by atoms with Crippen LogP contribution in [0.4, 0.5) is 0 Å². The van der Waals surface area contributed by atoms with Gasteiger partial charge in [-0.05, 0) is 25.7 Å². The Balaban J connectivity index is 4.47. The molecule has 0 radical (unpaired) electrons. The maximum Gasteiger partial charge on any atom is 0.326 e. The maximum atomic E-state index is 12.1. The number of hydrogen-bond donors (Lipinski definition) is 7. The zero-order valence-electron chi connectivity index (χ0n) is 17.1. The molecule has 4 atom stereocenters. The number of aliphatic imine (C=N–C) groups is 1. The van der Waals surface area contributed by atoms with Crippen LogP contribution in [0.3, 0.4) is 0 Å². The van der Waals surface area contributed by atoms with Gasteiger partial charge in [-0.2, -0.15) is 0 Å². The summed E-state index contributed by atoms with van der Waals surface area (Å²) < 4.78 is 0. The standard InChI is InChI=1S/C17H33N7O5/c1-4-9(2)13(18)15(27)22-8-12(25)23-10(3)14(26)24-11(16(28)29)6-5-7-21-17(19)20/h9-11,13H,4-8,18H2,1-3H3,(H,22,27)(H,23,25)(H,24,26)(H,28,29)(H4,19,20,21)/t9-,10-,11-,13-/m0/s1. The summed E-state index contributed by atoms with van der Waals surface area (Å²) in [5.41, 5.74) is 16.1. The molecule has 0 aliphatic carbocycles. The fraction of sp³-hybridized carbons (Fsp3) is 0.706. The Labute approximate surface area is 170 Å². The zero-order valence-corrected chi connectivity index (χ0v) is 17.1. The SMILES string of the molecule is CC[C@H](C)[C@H](N)C(=O)NCC(=O)N[C@@H](C)C(=O)N[C@@H](CCCN=C(N)N)C(=O)O. The van der Waals surface area contributed by atoms with E-state index in [0.717, 1.165) is 0 Å². The molecule has 0 rings (SSSR count). The summed E-state index contributed by atoms with van der Waals surface area (Å²) in [4.78, 5) is 51.0. The predicted molar refractivity (Wildman–Crippen MR) is 108 cm³/mol. The fourth-order valence-electron chi connectivity index (χ4n) is 2.21. The molecule has 0 aliphatic rings. The summed E-state index contributed by atoms with van der Waals surface area (Å²) in [5, 5.41) is 16.4. The lowest BCUT2D eigenvalue weighted by atomic mass is 9.99. The summed E-state index contributed by atoms with van der Waals surface area (Å²) in [6, 6.07) is -2.88. The monoisotopic (exact) mass is 415 g/mol. The van der Waals surface area contributed by atoms with Gasteiger partial charge in [-0.3, -0.25) is 19.4 Å². The van der Waals surface area contributed by atoms with Crippen molar-refractivity contribution in [2.45, 2.75) is 58.2 Å². The van der Waals surface area contributed by atoms with Crippen LogP contribution in [0.1, 0.15) is 40.0 Å². The van der Waals surface area contributed by atoms with Gasteiger partial charge in [0.25, 0.3) is 0 Å². The maximum absolute atomic E-state index is 12.1. The first-order chi connectivity index (χ1) is 13.5. The third-order valence-electron chi connectivity index (χ3n) is 4.31. The van der Waals surface area contributed by atoms with Gasteiger partial charge in [0.05, 0.1) is 12.6 Å². The first-order valence-electron chi connectivity index (χ1n) is 9.40. The van der Waals surface area contributed by atoms with Gasteiger partial charge in [-0.25, -0.2) is 4.79 Å². The number of nitrogens with one attached hydrogen (secondary N) is 3. The second-order valence-electron chi connectivity index (χ2n) is 6.77. The number of carbonyl (C=O) groups is 4. The molecule has 0 aliphatic heterocycles. The molecule has 0 saturated heterocycles. The molecule has 10 N–H and O–H groups in total. The van der Waals surface area contributed by atoms with Gasteiger partial charge in [-0.1, -0.05) is 20.3 Å². The molecule has 0 spiro atoms. The lowest BCUT2D eigenvalue weighted by molar-refractivity contribution is -0.142. The smallest absolute Gasteiger partial charge is 0.326 e. The highest BCUT2D eigenvalue weighted by molar-refractivity contribution is 5.92.